The monoisotopic (exact) mass is 366 g/mol. The van der Waals surface area contributed by atoms with Crippen LogP contribution in [0.1, 0.15) is 11.4 Å². The van der Waals surface area contributed by atoms with Crippen LogP contribution < -0.4 is 5.32 Å². The van der Waals surface area contributed by atoms with Crippen molar-refractivity contribution in [3.05, 3.63) is 77.3 Å². The topological polar surface area (TPSA) is 77.2 Å². The van der Waals surface area contributed by atoms with E-state index in [1.807, 2.05) is 48.5 Å². The van der Waals surface area contributed by atoms with Crippen molar-refractivity contribution in [2.75, 3.05) is 5.32 Å². The van der Waals surface area contributed by atoms with Gasteiger partial charge in [0.1, 0.15) is 6.61 Å². The van der Waals surface area contributed by atoms with Gasteiger partial charge in [0.2, 0.25) is 0 Å². The Morgan fingerprint density at radius 1 is 1.04 bits per heavy atom. The number of hydrogen-bond acceptors (Lipinski definition) is 6. The Bertz CT molecular complexity index is 1020. The van der Waals surface area contributed by atoms with E-state index in [0.29, 0.717) is 35.5 Å². The van der Waals surface area contributed by atoms with E-state index in [1.54, 1.807) is 16.9 Å². The van der Waals surface area contributed by atoms with Gasteiger partial charge in [0.15, 0.2) is 17.3 Å². The van der Waals surface area contributed by atoms with Crippen LogP contribution in [-0.2, 0) is 18.0 Å². The highest BCUT2D eigenvalue weighted by molar-refractivity contribution is 6.30. The molecule has 0 aliphatic heterocycles. The van der Waals surface area contributed by atoms with Gasteiger partial charge in [-0.1, -0.05) is 23.7 Å². The summed E-state index contributed by atoms with van der Waals surface area (Å²) in [4.78, 5) is 4.06. The minimum Gasteiger partial charge on any atom is -0.369 e. The predicted octanol–water partition coefficient (Wildman–Crippen LogP) is 3.63. The van der Waals surface area contributed by atoms with Gasteiger partial charge in [0.05, 0.1) is 6.61 Å². The number of hydrogen-bond donors (Lipinski definition) is 1. The van der Waals surface area contributed by atoms with E-state index in [-0.39, 0.29) is 0 Å². The molecule has 0 saturated carbocycles. The molecule has 0 saturated heterocycles. The van der Waals surface area contributed by atoms with Crippen molar-refractivity contribution in [3.63, 3.8) is 0 Å². The molecule has 0 radical (unpaired) electrons. The van der Waals surface area contributed by atoms with Crippen LogP contribution in [0.25, 0.3) is 5.65 Å². The molecular weight excluding hydrogens is 352 g/mol. The molecule has 8 heteroatoms. The Morgan fingerprint density at radius 3 is 2.85 bits per heavy atom. The first kappa shape index (κ1) is 16.4. The second kappa shape index (κ2) is 7.47. The molecule has 0 amide bonds. The van der Waals surface area contributed by atoms with Gasteiger partial charge >= 0.3 is 0 Å². The molecular formula is C18H15ClN6O. The van der Waals surface area contributed by atoms with Gasteiger partial charge in [-0.3, -0.25) is 4.98 Å². The summed E-state index contributed by atoms with van der Waals surface area (Å²) in [5.74, 6) is 1.28. The maximum Gasteiger partial charge on any atom is 0.180 e. The number of anilines is 2. The summed E-state index contributed by atoms with van der Waals surface area (Å²) in [6.07, 6.45) is 3.50. The Kier molecular flexibility index (Phi) is 4.72. The van der Waals surface area contributed by atoms with Crippen molar-refractivity contribution in [3.8, 4) is 0 Å². The van der Waals surface area contributed by atoms with Gasteiger partial charge in [-0.05, 0) is 42.0 Å². The largest absolute Gasteiger partial charge is 0.369 e. The van der Waals surface area contributed by atoms with Gasteiger partial charge in [-0.15, -0.1) is 15.3 Å². The van der Waals surface area contributed by atoms with Gasteiger partial charge in [0.25, 0.3) is 0 Å². The zero-order chi connectivity index (χ0) is 17.8. The van der Waals surface area contributed by atoms with Crippen LogP contribution in [0, 0.1) is 0 Å². The Balaban J connectivity index is 1.49. The van der Waals surface area contributed by atoms with Crippen LogP contribution in [0.3, 0.4) is 0 Å². The van der Waals surface area contributed by atoms with E-state index in [0.717, 1.165) is 11.3 Å². The highest BCUT2D eigenvalue weighted by Gasteiger charge is 2.08. The summed E-state index contributed by atoms with van der Waals surface area (Å²) in [5, 5.41) is 16.7. The lowest BCUT2D eigenvalue weighted by Gasteiger charge is -2.07. The molecule has 1 N–H and O–H groups in total. The first-order chi connectivity index (χ1) is 12.8. The number of benzene rings is 1. The van der Waals surface area contributed by atoms with Crippen molar-refractivity contribution in [1.82, 2.24) is 24.8 Å². The minimum absolute atomic E-state index is 0.295. The summed E-state index contributed by atoms with van der Waals surface area (Å²) in [6, 6.07) is 15.0. The molecule has 1 aromatic carbocycles. The molecule has 0 fully saturated rings. The molecule has 7 nitrogen and oxygen atoms in total. The van der Waals surface area contributed by atoms with Crippen molar-refractivity contribution in [2.45, 2.75) is 13.2 Å². The summed E-state index contributed by atoms with van der Waals surface area (Å²) in [7, 11) is 0. The average molecular weight is 367 g/mol. The lowest BCUT2D eigenvalue weighted by molar-refractivity contribution is 0.100. The number of aromatic nitrogens is 5. The van der Waals surface area contributed by atoms with Gasteiger partial charge in [-0.25, -0.2) is 0 Å². The number of pyridine rings is 1. The quantitative estimate of drug-likeness (QED) is 0.561. The van der Waals surface area contributed by atoms with E-state index in [1.165, 1.54) is 0 Å². The smallest absolute Gasteiger partial charge is 0.180 e. The summed E-state index contributed by atoms with van der Waals surface area (Å²) in [5.41, 5.74) is 2.51. The molecule has 0 atom stereocenters. The standard InChI is InChI=1S/C18H15ClN6O/c19-14-4-1-5-15(9-14)21-16-6-7-17-22-23-18(25(17)24-16)12-26-11-13-3-2-8-20-10-13/h1-10H,11-12H2,(H,21,24). The van der Waals surface area contributed by atoms with Gasteiger partial charge in [-0.2, -0.15) is 4.52 Å². The van der Waals surface area contributed by atoms with Crippen LogP contribution in [0.15, 0.2) is 60.9 Å². The highest BCUT2D eigenvalue weighted by Crippen LogP contribution is 2.19. The predicted molar refractivity (Wildman–Crippen MR) is 98.2 cm³/mol. The van der Waals surface area contributed by atoms with Crippen LogP contribution in [-0.4, -0.2) is 24.8 Å². The third kappa shape index (κ3) is 3.79. The van der Waals surface area contributed by atoms with Gasteiger partial charge in [0, 0.05) is 23.1 Å². The zero-order valence-corrected chi connectivity index (χ0v) is 14.5. The fourth-order valence-corrected chi connectivity index (χ4v) is 2.64. The third-order valence-corrected chi connectivity index (χ3v) is 3.88. The summed E-state index contributed by atoms with van der Waals surface area (Å²) < 4.78 is 7.37. The molecule has 130 valence electrons. The van der Waals surface area contributed by atoms with E-state index in [2.05, 4.69) is 25.6 Å². The molecule has 0 aliphatic carbocycles. The number of nitrogens with one attached hydrogen (secondary N) is 1. The van der Waals surface area contributed by atoms with Crippen molar-refractivity contribution in [2.24, 2.45) is 0 Å². The molecule has 0 aliphatic rings. The van der Waals surface area contributed by atoms with Crippen LogP contribution in [0.2, 0.25) is 5.02 Å². The van der Waals surface area contributed by atoms with Gasteiger partial charge < -0.3 is 10.1 Å². The molecule has 3 aromatic heterocycles. The SMILES string of the molecule is Clc1cccc(Nc2ccc3nnc(COCc4cccnc4)n3n2)c1. The third-order valence-electron chi connectivity index (χ3n) is 3.65. The highest BCUT2D eigenvalue weighted by atomic mass is 35.5. The zero-order valence-electron chi connectivity index (χ0n) is 13.7. The average Bonchev–Trinajstić information content (AvgIpc) is 3.05. The minimum atomic E-state index is 0.295. The molecule has 26 heavy (non-hydrogen) atoms. The number of fused-ring (bicyclic) bond motifs is 1. The second-order valence-corrected chi connectivity index (χ2v) is 6.03. The second-order valence-electron chi connectivity index (χ2n) is 5.59. The normalized spacial score (nSPS) is 11.0. The fraction of sp³-hybridized carbons (Fsp3) is 0.111. The molecule has 0 unspecified atom stereocenters. The molecule has 0 spiro atoms. The van der Waals surface area contributed by atoms with E-state index in [4.69, 9.17) is 16.3 Å². The number of nitrogens with zero attached hydrogens (tertiary/aromatic N) is 5. The number of rotatable bonds is 6. The number of halogens is 1. The Morgan fingerprint density at radius 2 is 2.00 bits per heavy atom. The van der Waals surface area contributed by atoms with E-state index < -0.39 is 0 Å². The van der Waals surface area contributed by atoms with Crippen LogP contribution in [0.5, 0.6) is 0 Å². The maximum absolute atomic E-state index is 6.02. The lowest BCUT2D eigenvalue weighted by atomic mass is 10.3. The Labute approximate surface area is 154 Å². The summed E-state index contributed by atoms with van der Waals surface area (Å²) in [6.45, 7) is 0.743. The number of ether oxygens (including phenoxy) is 1. The fourth-order valence-electron chi connectivity index (χ4n) is 2.45. The van der Waals surface area contributed by atoms with Crippen molar-refractivity contribution >= 4 is 28.8 Å². The molecule has 4 aromatic rings. The molecule has 0 bridgehead atoms. The van der Waals surface area contributed by atoms with Crippen molar-refractivity contribution < 1.29 is 4.74 Å². The van der Waals surface area contributed by atoms with Crippen LogP contribution >= 0.6 is 11.6 Å². The van der Waals surface area contributed by atoms with E-state index >= 15 is 0 Å². The molecule has 4 rings (SSSR count). The lowest BCUT2D eigenvalue weighted by Crippen LogP contribution is -2.04. The van der Waals surface area contributed by atoms with Crippen LogP contribution in [0.4, 0.5) is 11.5 Å². The van der Waals surface area contributed by atoms with E-state index in [9.17, 15) is 0 Å². The Hall–Kier alpha value is -3.03. The first-order valence-electron chi connectivity index (χ1n) is 7.98. The van der Waals surface area contributed by atoms with Crippen molar-refractivity contribution in [1.29, 1.82) is 0 Å². The molecule has 3 heterocycles. The maximum atomic E-state index is 6.02. The summed E-state index contributed by atoms with van der Waals surface area (Å²) >= 11 is 6.02. The first-order valence-corrected chi connectivity index (χ1v) is 8.36.